The van der Waals surface area contributed by atoms with Crippen molar-refractivity contribution >= 4 is 23.2 Å². The van der Waals surface area contributed by atoms with E-state index in [0.29, 0.717) is 35.5 Å². The van der Waals surface area contributed by atoms with Crippen molar-refractivity contribution in [1.82, 2.24) is 15.4 Å². The molecule has 2 N–H and O–H groups in total. The molecule has 3 aromatic rings. The van der Waals surface area contributed by atoms with E-state index in [1.54, 1.807) is 13.2 Å². The standard InChI is InChI=1S/C29H39N5O3/c1-20(2)18-34(19-21(3)4)26-11-9-25(10-12-26)32-29-30-16-23(17-31-29)8-7-22-13-24(28(35)33-37-6)15-27(14-22)36-5/h9-17,20-21H,7-8,18-19H2,1-6H3,(H,33,35)(H,30,31,32). The summed E-state index contributed by atoms with van der Waals surface area (Å²) in [4.78, 5) is 28.3. The van der Waals surface area contributed by atoms with Crippen LogP contribution in [0.5, 0.6) is 5.75 Å². The Morgan fingerprint density at radius 3 is 2.08 bits per heavy atom. The summed E-state index contributed by atoms with van der Waals surface area (Å²) in [6, 6.07) is 13.9. The van der Waals surface area contributed by atoms with E-state index in [1.807, 2.05) is 24.5 Å². The molecule has 0 bridgehead atoms. The number of hydroxylamine groups is 1. The quantitative estimate of drug-likeness (QED) is 0.300. The first-order chi connectivity index (χ1) is 17.8. The second kappa shape index (κ2) is 13.6. The Labute approximate surface area is 220 Å². The number of ether oxygens (including phenoxy) is 1. The number of nitrogens with one attached hydrogen (secondary N) is 2. The molecule has 0 aliphatic rings. The van der Waals surface area contributed by atoms with E-state index < -0.39 is 0 Å². The van der Waals surface area contributed by atoms with Crippen molar-refractivity contribution in [3.8, 4) is 5.75 Å². The Morgan fingerprint density at radius 1 is 0.892 bits per heavy atom. The summed E-state index contributed by atoms with van der Waals surface area (Å²) in [7, 11) is 2.99. The first-order valence-corrected chi connectivity index (χ1v) is 12.7. The molecule has 0 fully saturated rings. The average Bonchev–Trinajstić information content (AvgIpc) is 2.88. The normalized spacial score (nSPS) is 11.0. The van der Waals surface area contributed by atoms with E-state index in [1.165, 1.54) is 12.8 Å². The Kier molecular flexibility index (Phi) is 10.3. The number of hydrogen-bond acceptors (Lipinski definition) is 7. The minimum Gasteiger partial charge on any atom is -0.497 e. The molecule has 2 aromatic carbocycles. The molecule has 198 valence electrons. The second-order valence-corrected chi connectivity index (χ2v) is 9.98. The van der Waals surface area contributed by atoms with E-state index in [0.717, 1.165) is 36.3 Å². The average molecular weight is 506 g/mol. The largest absolute Gasteiger partial charge is 0.497 e. The van der Waals surface area contributed by atoms with Crippen LogP contribution >= 0.6 is 0 Å². The van der Waals surface area contributed by atoms with Crippen LogP contribution in [0.3, 0.4) is 0 Å². The van der Waals surface area contributed by atoms with Gasteiger partial charge in [-0.1, -0.05) is 27.7 Å². The van der Waals surface area contributed by atoms with Crippen molar-refractivity contribution in [1.29, 1.82) is 0 Å². The predicted molar refractivity (Wildman–Crippen MR) is 149 cm³/mol. The van der Waals surface area contributed by atoms with Crippen molar-refractivity contribution in [2.24, 2.45) is 11.8 Å². The number of aryl methyl sites for hydroxylation is 2. The summed E-state index contributed by atoms with van der Waals surface area (Å²) in [5.41, 5.74) is 6.98. The van der Waals surface area contributed by atoms with Crippen LogP contribution < -0.4 is 20.4 Å². The van der Waals surface area contributed by atoms with Gasteiger partial charge in [0.25, 0.3) is 5.91 Å². The van der Waals surface area contributed by atoms with Gasteiger partial charge in [0.2, 0.25) is 5.95 Å². The van der Waals surface area contributed by atoms with E-state index in [9.17, 15) is 4.79 Å². The summed E-state index contributed by atoms with van der Waals surface area (Å²) < 4.78 is 5.35. The van der Waals surface area contributed by atoms with Gasteiger partial charge < -0.3 is 15.0 Å². The first-order valence-electron chi connectivity index (χ1n) is 12.7. The fourth-order valence-corrected chi connectivity index (χ4v) is 4.09. The lowest BCUT2D eigenvalue weighted by Gasteiger charge is -2.28. The zero-order valence-electron chi connectivity index (χ0n) is 22.7. The number of methoxy groups -OCH3 is 1. The van der Waals surface area contributed by atoms with Crippen LogP contribution in [0.15, 0.2) is 54.9 Å². The molecule has 0 spiro atoms. The maximum atomic E-state index is 12.1. The van der Waals surface area contributed by atoms with Crippen LogP contribution in [0.4, 0.5) is 17.3 Å². The molecule has 0 aliphatic carbocycles. The maximum absolute atomic E-state index is 12.1. The molecule has 0 saturated heterocycles. The summed E-state index contributed by atoms with van der Waals surface area (Å²) in [5.74, 6) is 2.06. The van der Waals surface area contributed by atoms with Crippen LogP contribution in [0.2, 0.25) is 0 Å². The van der Waals surface area contributed by atoms with Crippen molar-refractivity contribution in [2.75, 3.05) is 37.5 Å². The zero-order valence-corrected chi connectivity index (χ0v) is 22.7. The molecule has 0 radical (unpaired) electrons. The highest BCUT2D eigenvalue weighted by molar-refractivity contribution is 5.94. The highest BCUT2D eigenvalue weighted by atomic mass is 16.6. The smallest absolute Gasteiger partial charge is 0.274 e. The molecular weight excluding hydrogens is 466 g/mol. The molecule has 1 aromatic heterocycles. The van der Waals surface area contributed by atoms with Crippen molar-refractivity contribution < 1.29 is 14.4 Å². The van der Waals surface area contributed by atoms with Crippen LogP contribution in [-0.4, -0.2) is 43.2 Å². The van der Waals surface area contributed by atoms with Crippen molar-refractivity contribution in [3.63, 3.8) is 0 Å². The summed E-state index contributed by atoms with van der Waals surface area (Å²) >= 11 is 0. The number of carbonyl (C=O) groups excluding carboxylic acids is 1. The SMILES string of the molecule is CONC(=O)c1cc(CCc2cnc(Nc3ccc(N(CC(C)C)CC(C)C)cc3)nc2)cc(OC)c1. The van der Waals surface area contributed by atoms with Gasteiger partial charge >= 0.3 is 0 Å². The van der Waals surface area contributed by atoms with Gasteiger partial charge in [-0.3, -0.25) is 9.63 Å². The van der Waals surface area contributed by atoms with E-state index >= 15 is 0 Å². The molecular formula is C29H39N5O3. The minimum atomic E-state index is -0.318. The summed E-state index contributed by atoms with van der Waals surface area (Å²) in [6.45, 7) is 11.1. The molecule has 1 heterocycles. The third-order valence-corrected chi connectivity index (χ3v) is 5.73. The number of benzene rings is 2. The molecule has 0 aliphatic heterocycles. The molecule has 8 heteroatoms. The molecule has 0 atom stereocenters. The predicted octanol–water partition coefficient (Wildman–Crippen LogP) is 5.42. The van der Waals surface area contributed by atoms with Crippen LogP contribution in [-0.2, 0) is 17.7 Å². The lowest BCUT2D eigenvalue weighted by molar-refractivity contribution is 0.0537. The van der Waals surface area contributed by atoms with Crippen molar-refractivity contribution in [3.05, 3.63) is 71.5 Å². The van der Waals surface area contributed by atoms with E-state index in [-0.39, 0.29) is 5.91 Å². The summed E-state index contributed by atoms with van der Waals surface area (Å²) in [6.07, 6.45) is 5.10. The monoisotopic (exact) mass is 505 g/mol. The van der Waals surface area contributed by atoms with Gasteiger partial charge in [-0.2, -0.15) is 0 Å². The fraction of sp³-hybridized carbons (Fsp3) is 0.414. The minimum absolute atomic E-state index is 0.318. The Balaban J connectivity index is 1.60. The highest BCUT2D eigenvalue weighted by Crippen LogP contribution is 2.22. The van der Waals surface area contributed by atoms with Gasteiger partial charge in [0, 0.05) is 42.4 Å². The van der Waals surface area contributed by atoms with Crippen LogP contribution in [0.1, 0.15) is 49.2 Å². The Hall–Kier alpha value is -3.65. The van der Waals surface area contributed by atoms with Crippen molar-refractivity contribution in [2.45, 2.75) is 40.5 Å². The molecule has 0 unspecified atom stereocenters. The first kappa shape index (κ1) is 27.9. The number of anilines is 3. The van der Waals surface area contributed by atoms with E-state index in [2.05, 4.69) is 77.6 Å². The number of amides is 1. The molecule has 1 amide bonds. The molecule has 37 heavy (non-hydrogen) atoms. The summed E-state index contributed by atoms with van der Waals surface area (Å²) in [5, 5.41) is 3.29. The fourth-order valence-electron chi connectivity index (χ4n) is 4.09. The maximum Gasteiger partial charge on any atom is 0.274 e. The number of rotatable bonds is 13. The molecule has 8 nitrogen and oxygen atoms in total. The van der Waals surface area contributed by atoms with E-state index in [4.69, 9.17) is 9.57 Å². The van der Waals surface area contributed by atoms with Gasteiger partial charge in [0.1, 0.15) is 5.75 Å². The third-order valence-electron chi connectivity index (χ3n) is 5.73. The lowest BCUT2D eigenvalue weighted by Crippen LogP contribution is -2.31. The number of nitrogens with zero attached hydrogens (tertiary/aromatic N) is 3. The Morgan fingerprint density at radius 2 is 1.51 bits per heavy atom. The number of carbonyl (C=O) groups is 1. The van der Waals surface area contributed by atoms with Crippen LogP contribution in [0, 0.1) is 11.8 Å². The second-order valence-electron chi connectivity index (χ2n) is 9.98. The van der Waals surface area contributed by atoms with Gasteiger partial charge in [-0.25, -0.2) is 15.4 Å². The Bertz CT molecular complexity index is 1120. The lowest BCUT2D eigenvalue weighted by atomic mass is 10.0. The third kappa shape index (κ3) is 8.75. The molecule has 3 rings (SSSR count). The van der Waals surface area contributed by atoms with Gasteiger partial charge in [0.15, 0.2) is 0 Å². The number of hydrogen-bond donors (Lipinski definition) is 2. The zero-order chi connectivity index (χ0) is 26.8. The van der Waals surface area contributed by atoms with Gasteiger partial charge in [-0.15, -0.1) is 0 Å². The van der Waals surface area contributed by atoms with Gasteiger partial charge in [-0.05, 0) is 78.3 Å². The van der Waals surface area contributed by atoms with Crippen LogP contribution in [0.25, 0.3) is 0 Å². The highest BCUT2D eigenvalue weighted by Gasteiger charge is 2.12. The molecule has 0 saturated carbocycles. The van der Waals surface area contributed by atoms with Gasteiger partial charge in [0.05, 0.1) is 14.2 Å². The topological polar surface area (TPSA) is 88.6 Å². The number of aromatic nitrogens is 2.